The minimum Gasteiger partial charge on any atom is -0.385 e. The molecule has 2 N–H and O–H groups in total. The van der Waals surface area contributed by atoms with Gasteiger partial charge in [-0.05, 0) is 26.2 Å². The number of ether oxygens (including phenoxy) is 1. The van der Waals surface area contributed by atoms with Gasteiger partial charge >= 0.3 is 0 Å². The van der Waals surface area contributed by atoms with Crippen molar-refractivity contribution in [2.75, 3.05) is 39.9 Å². The highest BCUT2D eigenvalue weighted by Gasteiger charge is 2.20. The lowest BCUT2D eigenvalue weighted by molar-refractivity contribution is 0.155. The van der Waals surface area contributed by atoms with Crippen molar-refractivity contribution in [3.8, 4) is 0 Å². The molecule has 2 heterocycles. The number of methoxy groups -OCH3 is 1. The molecule has 1 aliphatic rings. The van der Waals surface area contributed by atoms with Gasteiger partial charge in [0.2, 0.25) is 0 Å². The van der Waals surface area contributed by atoms with Crippen LogP contribution < -0.4 is 10.6 Å². The standard InChI is InChI=1S/C20H37N5OS/c1-6-21-19(22-14-18-24-17(15-27-18)20(2,3)4)23-16-8-11-25(12-9-16)10-7-13-26-5/h15-16H,6-14H2,1-5H3,(H2,21,22,23). The third-order valence-electron chi connectivity index (χ3n) is 4.79. The molecule has 1 fully saturated rings. The van der Waals surface area contributed by atoms with Crippen molar-refractivity contribution in [1.29, 1.82) is 0 Å². The number of nitrogens with zero attached hydrogens (tertiary/aromatic N) is 3. The number of hydrogen-bond acceptors (Lipinski definition) is 5. The van der Waals surface area contributed by atoms with Crippen LogP contribution in [0.4, 0.5) is 0 Å². The predicted molar refractivity (Wildman–Crippen MR) is 115 cm³/mol. The number of guanidine groups is 1. The number of aliphatic imine (C=N–C) groups is 1. The second-order valence-corrected chi connectivity index (χ2v) is 9.12. The lowest BCUT2D eigenvalue weighted by atomic mass is 9.93. The van der Waals surface area contributed by atoms with Crippen molar-refractivity contribution in [3.63, 3.8) is 0 Å². The Morgan fingerprint density at radius 3 is 2.70 bits per heavy atom. The highest BCUT2D eigenvalue weighted by molar-refractivity contribution is 7.09. The van der Waals surface area contributed by atoms with Gasteiger partial charge in [0.05, 0.1) is 12.2 Å². The minimum atomic E-state index is 0.0957. The van der Waals surface area contributed by atoms with Crippen LogP contribution in [0.2, 0.25) is 0 Å². The Morgan fingerprint density at radius 2 is 2.11 bits per heavy atom. The first-order valence-corrected chi connectivity index (χ1v) is 11.0. The van der Waals surface area contributed by atoms with Gasteiger partial charge in [-0.3, -0.25) is 0 Å². The van der Waals surface area contributed by atoms with Crippen molar-refractivity contribution in [3.05, 3.63) is 16.1 Å². The topological polar surface area (TPSA) is 61.8 Å². The minimum absolute atomic E-state index is 0.0957. The molecule has 27 heavy (non-hydrogen) atoms. The van der Waals surface area contributed by atoms with Gasteiger partial charge in [-0.25, -0.2) is 9.98 Å². The molecule has 1 saturated heterocycles. The molecule has 0 bridgehead atoms. The number of rotatable bonds is 8. The van der Waals surface area contributed by atoms with E-state index in [4.69, 9.17) is 14.7 Å². The van der Waals surface area contributed by atoms with Crippen molar-refractivity contribution >= 4 is 17.3 Å². The van der Waals surface area contributed by atoms with E-state index in [-0.39, 0.29) is 5.41 Å². The summed E-state index contributed by atoms with van der Waals surface area (Å²) in [6.45, 7) is 14.5. The van der Waals surface area contributed by atoms with Gasteiger partial charge in [0.25, 0.3) is 0 Å². The normalized spacial score (nSPS) is 17.3. The van der Waals surface area contributed by atoms with E-state index in [2.05, 4.69) is 48.6 Å². The maximum absolute atomic E-state index is 5.15. The summed E-state index contributed by atoms with van der Waals surface area (Å²) in [5.74, 6) is 0.905. The molecule has 0 aliphatic carbocycles. The summed E-state index contributed by atoms with van der Waals surface area (Å²) in [5.41, 5.74) is 1.25. The fraction of sp³-hybridized carbons (Fsp3) is 0.800. The first-order valence-electron chi connectivity index (χ1n) is 10.1. The zero-order valence-electron chi connectivity index (χ0n) is 17.7. The Kier molecular flexibility index (Phi) is 8.99. The van der Waals surface area contributed by atoms with Gasteiger partial charge in [-0.2, -0.15) is 0 Å². The van der Waals surface area contributed by atoms with E-state index in [9.17, 15) is 0 Å². The number of aromatic nitrogens is 1. The van der Waals surface area contributed by atoms with Crippen molar-refractivity contribution in [1.82, 2.24) is 20.5 Å². The maximum atomic E-state index is 5.15. The number of nitrogens with one attached hydrogen (secondary N) is 2. The molecule has 0 aromatic carbocycles. The molecule has 7 heteroatoms. The Balaban J connectivity index is 1.83. The third kappa shape index (κ3) is 7.76. The van der Waals surface area contributed by atoms with E-state index in [1.165, 1.54) is 0 Å². The van der Waals surface area contributed by atoms with Crippen LogP contribution in [0.1, 0.15) is 57.7 Å². The second-order valence-electron chi connectivity index (χ2n) is 8.18. The van der Waals surface area contributed by atoms with Gasteiger partial charge in [0.15, 0.2) is 5.96 Å². The summed E-state index contributed by atoms with van der Waals surface area (Å²) in [6, 6.07) is 0.489. The zero-order chi connectivity index (χ0) is 19.7. The Morgan fingerprint density at radius 1 is 1.37 bits per heavy atom. The fourth-order valence-electron chi connectivity index (χ4n) is 3.12. The molecule has 2 rings (SSSR count). The molecule has 0 amide bonds. The van der Waals surface area contributed by atoms with Crippen LogP contribution in [0.5, 0.6) is 0 Å². The summed E-state index contributed by atoms with van der Waals surface area (Å²) in [4.78, 5) is 12.0. The monoisotopic (exact) mass is 395 g/mol. The van der Waals surface area contributed by atoms with Crippen LogP contribution in [0.25, 0.3) is 0 Å². The molecule has 1 aliphatic heterocycles. The first kappa shape index (κ1) is 22.1. The first-order chi connectivity index (χ1) is 12.9. The molecule has 0 unspecified atom stereocenters. The SMILES string of the molecule is CCNC(=NCc1nc(C(C)(C)C)cs1)NC1CCN(CCCOC)CC1. The van der Waals surface area contributed by atoms with Gasteiger partial charge < -0.3 is 20.3 Å². The molecule has 1 aromatic rings. The van der Waals surface area contributed by atoms with E-state index in [0.717, 1.165) is 68.7 Å². The molecular weight excluding hydrogens is 358 g/mol. The fourth-order valence-corrected chi connectivity index (χ4v) is 4.07. The number of likely N-dealkylation sites (tertiary alicyclic amines) is 1. The highest BCUT2D eigenvalue weighted by atomic mass is 32.1. The summed E-state index contributed by atoms with van der Waals surface area (Å²) >= 11 is 1.70. The molecule has 1 aromatic heterocycles. The number of piperidine rings is 1. The molecule has 6 nitrogen and oxygen atoms in total. The molecule has 0 saturated carbocycles. The van der Waals surface area contributed by atoms with Crippen molar-refractivity contribution in [2.45, 2.75) is 65.0 Å². The van der Waals surface area contributed by atoms with E-state index >= 15 is 0 Å². The lowest BCUT2D eigenvalue weighted by Gasteiger charge is -2.33. The van der Waals surface area contributed by atoms with Crippen molar-refractivity contribution in [2.24, 2.45) is 4.99 Å². The highest BCUT2D eigenvalue weighted by Crippen LogP contribution is 2.24. The maximum Gasteiger partial charge on any atom is 0.191 e. The molecular formula is C20H37N5OS. The molecule has 0 radical (unpaired) electrons. The van der Waals surface area contributed by atoms with E-state index in [1.54, 1.807) is 18.4 Å². The third-order valence-corrected chi connectivity index (χ3v) is 5.62. The van der Waals surface area contributed by atoms with Gasteiger partial charge in [-0.1, -0.05) is 20.8 Å². The average molecular weight is 396 g/mol. The smallest absolute Gasteiger partial charge is 0.191 e. The van der Waals surface area contributed by atoms with Crippen LogP contribution in [0, 0.1) is 0 Å². The van der Waals surface area contributed by atoms with E-state index in [1.807, 2.05) is 0 Å². The van der Waals surface area contributed by atoms with Gasteiger partial charge in [0.1, 0.15) is 5.01 Å². The summed E-state index contributed by atoms with van der Waals surface area (Å²) in [5, 5.41) is 10.2. The second kappa shape index (κ2) is 11.0. The molecule has 0 atom stereocenters. The van der Waals surface area contributed by atoms with E-state index in [0.29, 0.717) is 12.6 Å². The zero-order valence-corrected chi connectivity index (χ0v) is 18.5. The molecule has 0 spiro atoms. The summed E-state index contributed by atoms with van der Waals surface area (Å²) in [7, 11) is 1.77. The Bertz CT molecular complexity index is 573. The Hall–Kier alpha value is -1.18. The van der Waals surface area contributed by atoms with Crippen LogP contribution >= 0.6 is 11.3 Å². The van der Waals surface area contributed by atoms with Crippen LogP contribution in [0.3, 0.4) is 0 Å². The quantitative estimate of drug-likeness (QED) is 0.402. The van der Waals surface area contributed by atoms with Gasteiger partial charge in [0, 0.05) is 56.7 Å². The summed E-state index contributed by atoms with van der Waals surface area (Å²) < 4.78 is 5.15. The number of thiazole rings is 1. The van der Waals surface area contributed by atoms with Gasteiger partial charge in [-0.15, -0.1) is 11.3 Å². The Labute approximate surface area is 168 Å². The summed E-state index contributed by atoms with van der Waals surface area (Å²) in [6.07, 6.45) is 3.43. The lowest BCUT2D eigenvalue weighted by Crippen LogP contribution is -2.48. The number of hydrogen-bond donors (Lipinski definition) is 2. The van der Waals surface area contributed by atoms with Crippen LogP contribution in [0.15, 0.2) is 10.4 Å². The van der Waals surface area contributed by atoms with Crippen LogP contribution in [-0.2, 0) is 16.7 Å². The van der Waals surface area contributed by atoms with Crippen molar-refractivity contribution < 1.29 is 4.74 Å². The van der Waals surface area contributed by atoms with Crippen LogP contribution in [-0.4, -0.2) is 61.8 Å². The largest absolute Gasteiger partial charge is 0.385 e. The predicted octanol–water partition coefficient (Wildman–Crippen LogP) is 3.00. The average Bonchev–Trinajstić information content (AvgIpc) is 3.11. The molecule has 154 valence electrons. The van der Waals surface area contributed by atoms with E-state index < -0.39 is 0 Å².